The van der Waals surface area contributed by atoms with Crippen molar-refractivity contribution in [1.82, 2.24) is 14.4 Å². The van der Waals surface area contributed by atoms with Crippen molar-refractivity contribution in [1.29, 1.82) is 0 Å². The minimum atomic E-state index is -3.18. The summed E-state index contributed by atoms with van der Waals surface area (Å²) in [5.74, 6) is 1.20. The third kappa shape index (κ3) is 4.18. The van der Waals surface area contributed by atoms with Gasteiger partial charge >= 0.3 is 0 Å². The lowest BCUT2D eigenvalue weighted by atomic mass is 9.99. The van der Waals surface area contributed by atoms with E-state index in [0.717, 1.165) is 22.4 Å². The van der Waals surface area contributed by atoms with Crippen molar-refractivity contribution in [3.63, 3.8) is 0 Å². The highest BCUT2D eigenvalue weighted by Crippen LogP contribution is 2.28. The smallest absolute Gasteiger partial charge is 0.246 e. The normalized spacial score (nSPS) is 14.6. The predicted octanol–water partition coefficient (Wildman–Crippen LogP) is 3.36. The number of nitrogens with one attached hydrogen (secondary N) is 1. The van der Waals surface area contributed by atoms with Crippen molar-refractivity contribution in [3.8, 4) is 11.4 Å². The Morgan fingerprint density at radius 2 is 1.97 bits per heavy atom. The fourth-order valence-electron chi connectivity index (χ4n) is 3.49. The summed E-state index contributed by atoms with van der Waals surface area (Å²) >= 11 is 0. The third-order valence-corrected chi connectivity index (χ3v) is 7.03. The summed E-state index contributed by atoms with van der Waals surface area (Å²) < 4.78 is 31.3. The second-order valence-electron chi connectivity index (χ2n) is 7.16. The van der Waals surface area contributed by atoms with Crippen LogP contribution < -0.4 is 5.32 Å². The molecule has 2 aromatic carbocycles. The van der Waals surface area contributed by atoms with Crippen molar-refractivity contribution in [2.24, 2.45) is 0 Å². The monoisotopic (exact) mass is 412 g/mol. The fourth-order valence-corrected chi connectivity index (χ4v) is 4.56. The maximum Gasteiger partial charge on any atom is 0.246 e. The van der Waals surface area contributed by atoms with Crippen LogP contribution in [0.1, 0.15) is 29.5 Å². The predicted molar refractivity (Wildman–Crippen MR) is 112 cm³/mol. The van der Waals surface area contributed by atoms with E-state index in [9.17, 15) is 8.42 Å². The van der Waals surface area contributed by atoms with E-state index in [0.29, 0.717) is 37.8 Å². The largest absolute Gasteiger partial charge is 0.376 e. The molecular weight excluding hydrogens is 388 g/mol. The number of sulfonamides is 1. The summed E-state index contributed by atoms with van der Waals surface area (Å²) in [6, 6.07) is 13.9. The highest BCUT2D eigenvalue weighted by atomic mass is 32.2. The lowest BCUT2D eigenvalue weighted by Gasteiger charge is -2.29. The van der Waals surface area contributed by atoms with E-state index in [1.807, 2.05) is 49.4 Å². The van der Waals surface area contributed by atoms with Crippen LogP contribution in [0.25, 0.3) is 11.4 Å². The number of hydrogen-bond acceptors (Lipinski definition) is 6. The molecule has 152 valence electrons. The van der Waals surface area contributed by atoms with Crippen molar-refractivity contribution in [3.05, 3.63) is 65.0 Å². The van der Waals surface area contributed by atoms with Gasteiger partial charge in [-0.2, -0.15) is 9.29 Å². The molecule has 1 aliphatic rings. The Kier molecular flexibility index (Phi) is 5.38. The maximum absolute atomic E-state index is 12.2. The molecule has 1 aromatic heterocycles. The lowest BCUT2D eigenvalue weighted by molar-refractivity contribution is 0.383. The zero-order valence-electron chi connectivity index (χ0n) is 16.6. The number of anilines is 1. The van der Waals surface area contributed by atoms with E-state index in [1.54, 1.807) is 11.2 Å². The summed E-state index contributed by atoms with van der Waals surface area (Å²) in [6.07, 6.45) is 0.677. The Labute approximate surface area is 170 Å². The molecule has 7 nitrogen and oxygen atoms in total. The van der Waals surface area contributed by atoms with Crippen LogP contribution in [0.4, 0.5) is 5.69 Å². The van der Waals surface area contributed by atoms with E-state index in [1.165, 1.54) is 5.56 Å². The highest BCUT2D eigenvalue weighted by molar-refractivity contribution is 7.89. The molecule has 1 N–H and O–H groups in total. The Morgan fingerprint density at radius 1 is 1.17 bits per heavy atom. The standard InChI is InChI=1S/C21H24N4O3S/c1-3-29(26,27)25-12-11-18-17(14-25)5-4-6-19(18)22-13-20-23-21(24-28-20)16-9-7-15(2)8-10-16/h4-10,22H,3,11-14H2,1-2H3. The first-order chi connectivity index (χ1) is 14.0. The quantitative estimate of drug-likeness (QED) is 0.668. The van der Waals surface area contributed by atoms with Crippen LogP contribution in [0.15, 0.2) is 47.0 Å². The average Bonchev–Trinajstić information content (AvgIpc) is 3.21. The molecule has 0 saturated carbocycles. The van der Waals surface area contributed by atoms with Crippen molar-refractivity contribution in [2.75, 3.05) is 17.6 Å². The molecule has 2 heterocycles. The fraction of sp³-hybridized carbons (Fsp3) is 0.333. The van der Waals surface area contributed by atoms with Crippen LogP contribution in [0, 0.1) is 6.92 Å². The van der Waals surface area contributed by atoms with Gasteiger partial charge in [-0.05, 0) is 37.5 Å². The van der Waals surface area contributed by atoms with Crippen LogP contribution >= 0.6 is 0 Å². The Balaban J connectivity index is 1.47. The van der Waals surface area contributed by atoms with Gasteiger partial charge in [-0.15, -0.1) is 0 Å². The summed E-state index contributed by atoms with van der Waals surface area (Å²) in [6.45, 7) is 5.04. The Hall–Kier alpha value is -2.71. The first-order valence-electron chi connectivity index (χ1n) is 9.68. The third-order valence-electron chi connectivity index (χ3n) is 5.20. The van der Waals surface area contributed by atoms with Crippen LogP contribution in [-0.2, 0) is 29.5 Å². The summed E-state index contributed by atoms with van der Waals surface area (Å²) in [5, 5.41) is 7.43. The van der Waals surface area contributed by atoms with Crippen LogP contribution in [0.2, 0.25) is 0 Å². The van der Waals surface area contributed by atoms with Crippen LogP contribution in [0.5, 0.6) is 0 Å². The van der Waals surface area contributed by atoms with E-state index in [-0.39, 0.29) is 5.75 Å². The molecular formula is C21H24N4O3S. The molecule has 0 amide bonds. The van der Waals surface area contributed by atoms with Crippen molar-refractivity contribution in [2.45, 2.75) is 33.4 Å². The lowest BCUT2D eigenvalue weighted by Crippen LogP contribution is -2.37. The Morgan fingerprint density at radius 3 is 2.72 bits per heavy atom. The molecule has 0 radical (unpaired) electrons. The van der Waals surface area contributed by atoms with Gasteiger partial charge in [-0.1, -0.05) is 47.1 Å². The number of aromatic nitrogens is 2. The summed E-state index contributed by atoms with van der Waals surface area (Å²) in [4.78, 5) is 4.46. The molecule has 0 aliphatic carbocycles. The van der Waals surface area contributed by atoms with Gasteiger partial charge < -0.3 is 9.84 Å². The minimum Gasteiger partial charge on any atom is -0.376 e. The van der Waals surface area contributed by atoms with Gasteiger partial charge in [0.1, 0.15) is 0 Å². The zero-order chi connectivity index (χ0) is 20.4. The molecule has 0 atom stereocenters. The van der Waals surface area contributed by atoms with E-state index >= 15 is 0 Å². The summed E-state index contributed by atoms with van der Waals surface area (Å²) in [5.41, 5.74) is 5.25. The van der Waals surface area contributed by atoms with Gasteiger partial charge in [0, 0.05) is 24.3 Å². The molecule has 0 saturated heterocycles. The second kappa shape index (κ2) is 7.96. The van der Waals surface area contributed by atoms with E-state index in [4.69, 9.17) is 4.52 Å². The molecule has 0 unspecified atom stereocenters. The molecule has 0 fully saturated rings. The maximum atomic E-state index is 12.2. The highest BCUT2D eigenvalue weighted by Gasteiger charge is 2.26. The number of hydrogen-bond donors (Lipinski definition) is 1. The average molecular weight is 413 g/mol. The molecule has 1 aliphatic heterocycles. The second-order valence-corrected chi connectivity index (χ2v) is 9.42. The van der Waals surface area contributed by atoms with Gasteiger partial charge in [-0.3, -0.25) is 0 Å². The van der Waals surface area contributed by atoms with Crippen molar-refractivity contribution < 1.29 is 12.9 Å². The number of nitrogens with zero attached hydrogens (tertiary/aromatic N) is 3. The molecule has 0 spiro atoms. The number of fused-ring (bicyclic) bond motifs is 1. The zero-order valence-corrected chi connectivity index (χ0v) is 17.4. The van der Waals surface area contributed by atoms with Crippen molar-refractivity contribution >= 4 is 15.7 Å². The molecule has 3 aromatic rings. The van der Waals surface area contributed by atoms with Gasteiger partial charge in [0.25, 0.3) is 0 Å². The van der Waals surface area contributed by atoms with Gasteiger partial charge in [0.2, 0.25) is 21.7 Å². The Bertz CT molecular complexity index is 1110. The molecule has 4 rings (SSSR count). The van der Waals surface area contributed by atoms with Crippen LogP contribution in [0.3, 0.4) is 0 Å². The number of benzene rings is 2. The molecule has 8 heteroatoms. The number of rotatable bonds is 6. The first kappa shape index (κ1) is 19.6. The van der Waals surface area contributed by atoms with Gasteiger partial charge in [-0.25, -0.2) is 8.42 Å². The number of aryl methyl sites for hydroxylation is 1. The van der Waals surface area contributed by atoms with Gasteiger partial charge in [0.15, 0.2) is 0 Å². The SMILES string of the molecule is CCS(=O)(=O)N1CCc2c(cccc2NCc2nc(-c3ccc(C)cc3)no2)C1. The molecule has 29 heavy (non-hydrogen) atoms. The minimum absolute atomic E-state index is 0.126. The molecule has 0 bridgehead atoms. The van der Waals surface area contributed by atoms with E-state index in [2.05, 4.69) is 15.5 Å². The van der Waals surface area contributed by atoms with E-state index < -0.39 is 10.0 Å². The summed E-state index contributed by atoms with van der Waals surface area (Å²) in [7, 11) is -3.18. The topological polar surface area (TPSA) is 88.3 Å². The first-order valence-corrected chi connectivity index (χ1v) is 11.3. The van der Waals surface area contributed by atoms with Gasteiger partial charge in [0.05, 0.1) is 12.3 Å². The van der Waals surface area contributed by atoms with Crippen LogP contribution in [-0.4, -0.2) is 35.2 Å².